The maximum absolute atomic E-state index is 13.5. The van der Waals surface area contributed by atoms with Gasteiger partial charge in [-0.3, -0.25) is 9.69 Å². The highest BCUT2D eigenvalue weighted by molar-refractivity contribution is 6.30. The molecule has 4 aromatic rings. The van der Waals surface area contributed by atoms with Gasteiger partial charge in [-0.2, -0.15) is 0 Å². The second-order valence-corrected chi connectivity index (χ2v) is 9.66. The van der Waals surface area contributed by atoms with Gasteiger partial charge in [-0.25, -0.2) is 0 Å². The number of nitrogens with zero attached hydrogens (tertiary/aromatic N) is 1. The number of para-hydroxylation sites is 1. The van der Waals surface area contributed by atoms with Crippen LogP contribution in [0.3, 0.4) is 0 Å². The van der Waals surface area contributed by atoms with Crippen LogP contribution < -0.4 is 0 Å². The minimum atomic E-state index is -1.17. The highest BCUT2D eigenvalue weighted by Gasteiger charge is 2.36. The van der Waals surface area contributed by atoms with Crippen LogP contribution in [0.15, 0.2) is 85.1 Å². The lowest BCUT2D eigenvalue weighted by Gasteiger charge is -2.39. The third kappa shape index (κ3) is 4.80. The van der Waals surface area contributed by atoms with Crippen LogP contribution in [-0.2, 0) is 6.42 Å². The molecule has 174 valence electrons. The number of Topliss-reactive ketones (excluding diaryl/α,β-unsaturated/α-hetero) is 1. The number of aromatic amines is 1. The van der Waals surface area contributed by atoms with Gasteiger partial charge in [0, 0.05) is 27.7 Å². The summed E-state index contributed by atoms with van der Waals surface area (Å²) in [5.74, 6) is 0.342. The fourth-order valence-electron chi connectivity index (χ4n) is 5.21. The number of H-pyrrole nitrogens is 1. The van der Waals surface area contributed by atoms with Crippen molar-refractivity contribution in [3.63, 3.8) is 0 Å². The number of ketones is 1. The summed E-state index contributed by atoms with van der Waals surface area (Å²) in [5, 5.41) is 12.9. The molecule has 0 saturated carbocycles. The van der Waals surface area contributed by atoms with E-state index in [-0.39, 0.29) is 5.78 Å². The van der Waals surface area contributed by atoms with E-state index in [2.05, 4.69) is 40.2 Å². The zero-order valence-electron chi connectivity index (χ0n) is 19.0. The van der Waals surface area contributed by atoms with Gasteiger partial charge in [0.05, 0.1) is 6.04 Å². The maximum atomic E-state index is 13.5. The molecule has 4 nitrogen and oxygen atoms in total. The lowest BCUT2D eigenvalue weighted by molar-refractivity contribution is 0.0265. The first kappa shape index (κ1) is 22.9. The number of aliphatic hydroxyl groups excluding tert-OH is 1. The summed E-state index contributed by atoms with van der Waals surface area (Å²) in [6.07, 6.45) is 3.67. The normalized spacial score (nSPS) is 17.0. The summed E-state index contributed by atoms with van der Waals surface area (Å²) < 4.78 is 0. The number of hydrogen-bond donors (Lipinski definition) is 2. The summed E-state index contributed by atoms with van der Waals surface area (Å²) in [6, 6.07) is 25.4. The van der Waals surface area contributed by atoms with E-state index < -0.39 is 12.1 Å². The highest BCUT2D eigenvalue weighted by atomic mass is 35.5. The zero-order chi connectivity index (χ0) is 23.5. The van der Waals surface area contributed by atoms with Crippen molar-refractivity contribution in [3.05, 3.63) is 107 Å². The van der Waals surface area contributed by atoms with Gasteiger partial charge >= 0.3 is 0 Å². The number of fused-ring (bicyclic) bond motifs is 1. The minimum absolute atomic E-state index is 0.260. The van der Waals surface area contributed by atoms with Crippen molar-refractivity contribution < 1.29 is 9.90 Å². The summed E-state index contributed by atoms with van der Waals surface area (Å²) in [6.45, 7) is 1.67. The Morgan fingerprint density at radius 2 is 1.65 bits per heavy atom. The van der Waals surface area contributed by atoms with E-state index in [0.29, 0.717) is 16.5 Å². The van der Waals surface area contributed by atoms with E-state index in [0.717, 1.165) is 48.8 Å². The number of likely N-dealkylation sites (tertiary alicyclic amines) is 1. The molecular formula is C29H29ClN2O2. The van der Waals surface area contributed by atoms with Crippen LogP contribution in [0.4, 0.5) is 0 Å². The van der Waals surface area contributed by atoms with Crippen molar-refractivity contribution in [1.82, 2.24) is 9.88 Å². The first-order valence-electron chi connectivity index (χ1n) is 11.9. The Hall–Kier alpha value is -2.92. The van der Waals surface area contributed by atoms with Gasteiger partial charge in [0.15, 0.2) is 5.78 Å². The molecule has 0 spiro atoms. The lowest BCUT2D eigenvalue weighted by atomic mass is 9.87. The summed E-state index contributed by atoms with van der Waals surface area (Å²) in [4.78, 5) is 18.9. The van der Waals surface area contributed by atoms with Crippen molar-refractivity contribution in [2.24, 2.45) is 5.92 Å². The van der Waals surface area contributed by atoms with Crippen LogP contribution in [0, 0.1) is 5.92 Å². The Bertz CT molecular complexity index is 1240. The van der Waals surface area contributed by atoms with Crippen molar-refractivity contribution in [1.29, 1.82) is 0 Å². The predicted molar refractivity (Wildman–Crippen MR) is 137 cm³/mol. The summed E-state index contributed by atoms with van der Waals surface area (Å²) in [5.41, 5.74) is 3.69. The summed E-state index contributed by atoms with van der Waals surface area (Å²) in [7, 11) is 0. The highest BCUT2D eigenvalue weighted by Crippen LogP contribution is 2.33. The maximum Gasteiger partial charge on any atom is 0.195 e. The molecule has 3 aromatic carbocycles. The van der Waals surface area contributed by atoms with E-state index in [9.17, 15) is 9.90 Å². The van der Waals surface area contributed by atoms with E-state index in [4.69, 9.17) is 11.6 Å². The smallest absolute Gasteiger partial charge is 0.195 e. The third-order valence-electron chi connectivity index (χ3n) is 7.04. The lowest BCUT2D eigenvalue weighted by Crippen LogP contribution is -2.44. The number of piperidine rings is 1. The first-order valence-corrected chi connectivity index (χ1v) is 12.3. The number of benzene rings is 3. The molecule has 0 unspecified atom stereocenters. The Kier molecular flexibility index (Phi) is 6.82. The van der Waals surface area contributed by atoms with Crippen LogP contribution >= 0.6 is 11.6 Å². The second kappa shape index (κ2) is 10.1. The summed E-state index contributed by atoms with van der Waals surface area (Å²) >= 11 is 6.14. The zero-order valence-corrected chi connectivity index (χ0v) is 19.8. The molecule has 1 aliphatic rings. The van der Waals surface area contributed by atoms with Gasteiger partial charge in [0.1, 0.15) is 6.10 Å². The standard InChI is InChI=1S/C29H29ClN2O2/c30-23-12-10-22(11-13-23)27(29(34)28(33)25-19-31-26-9-5-4-8-24(25)26)32-16-14-21(15-17-32)18-20-6-2-1-3-7-20/h1-13,19,21,27,29,31,34H,14-18H2/t27-,29-/m0/s1. The van der Waals surface area contributed by atoms with Crippen LogP contribution in [0.1, 0.15) is 40.4 Å². The molecule has 2 N–H and O–H groups in total. The quantitative estimate of drug-likeness (QED) is 0.321. The molecule has 34 heavy (non-hydrogen) atoms. The largest absolute Gasteiger partial charge is 0.383 e. The number of aliphatic hydroxyl groups is 1. The molecule has 2 heterocycles. The third-order valence-corrected chi connectivity index (χ3v) is 7.30. The second-order valence-electron chi connectivity index (χ2n) is 9.22. The van der Waals surface area contributed by atoms with E-state index in [1.807, 2.05) is 48.5 Å². The average Bonchev–Trinajstić information content (AvgIpc) is 3.31. The Balaban J connectivity index is 1.37. The van der Waals surface area contributed by atoms with Crippen LogP contribution in [0.5, 0.6) is 0 Å². The fourth-order valence-corrected chi connectivity index (χ4v) is 5.34. The van der Waals surface area contributed by atoms with E-state index >= 15 is 0 Å². The number of aromatic nitrogens is 1. The van der Waals surface area contributed by atoms with Gasteiger partial charge in [0.2, 0.25) is 0 Å². The van der Waals surface area contributed by atoms with Gasteiger partial charge in [-0.05, 0) is 67.6 Å². The van der Waals surface area contributed by atoms with E-state index in [1.54, 1.807) is 6.20 Å². The van der Waals surface area contributed by atoms with Gasteiger partial charge in [-0.1, -0.05) is 72.3 Å². The molecule has 5 heteroatoms. The molecule has 2 atom stereocenters. The molecule has 0 bridgehead atoms. The number of nitrogens with one attached hydrogen (secondary N) is 1. The Morgan fingerprint density at radius 3 is 2.38 bits per heavy atom. The molecule has 5 rings (SSSR count). The number of carbonyl (C=O) groups excluding carboxylic acids is 1. The Morgan fingerprint density at radius 1 is 0.971 bits per heavy atom. The molecule has 1 aromatic heterocycles. The fraction of sp³-hybridized carbons (Fsp3) is 0.276. The SMILES string of the molecule is O=C(c1c[nH]c2ccccc12)[C@@H](O)[C@H](c1ccc(Cl)cc1)N1CCC(Cc2ccccc2)CC1. The number of carbonyl (C=O) groups is 1. The van der Waals surface area contributed by atoms with Crippen molar-refractivity contribution in [2.75, 3.05) is 13.1 Å². The molecule has 1 fully saturated rings. The average molecular weight is 473 g/mol. The molecule has 1 saturated heterocycles. The molecule has 0 amide bonds. The topological polar surface area (TPSA) is 56.3 Å². The molecule has 1 aliphatic heterocycles. The molecular weight excluding hydrogens is 444 g/mol. The van der Waals surface area contributed by atoms with Crippen LogP contribution in [-0.4, -0.2) is 40.0 Å². The predicted octanol–water partition coefficient (Wildman–Crippen LogP) is 6.06. The monoisotopic (exact) mass is 472 g/mol. The van der Waals surface area contributed by atoms with Gasteiger partial charge in [0.25, 0.3) is 0 Å². The number of rotatable bonds is 7. The molecule has 0 aliphatic carbocycles. The van der Waals surface area contributed by atoms with Crippen LogP contribution in [0.2, 0.25) is 5.02 Å². The van der Waals surface area contributed by atoms with Gasteiger partial charge < -0.3 is 10.1 Å². The van der Waals surface area contributed by atoms with Crippen molar-refractivity contribution >= 4 is 28.3 Å². The first-order chi connectivity index (χ1) is 16.6. The van der Waals surface area contributed by atoms with E-state index in [1.165, 1.54) is 5.56 Å². The molecule has 0 radical (unpaired) electrons. The number of hydrogen-bond acceptors (Lipinski definition) is 3. The minimum Gasteiger partial charge on any atom is -0.383 e. The van der Waals surface area contributed by atoms with Crippen molar-refractivity contribution in [2.45, 2.75) is 31.4 Å². The van der Waals surface area contributed by atoms with Crippen LogP contribution in [0.25, 0.3) is 10.9 Å². The van der Waals surface area contributed by atoms with Gasteiger partial charge in [-0.15, -0.1) is 0 Å². The van der Waals surface area contributed by atoms with Crippen molar-refractivity contribution in [3.8, 4) is 0 Å². The Labute approximate surface area is 205 Å². The number of halogens is 1.